The molecule has 0 aliphatic carbocycles. The molecule has 2 aromatic carbocycles. The van der Waals surface area contributed by atoms with E-state index in [1.165, 1.54) is 5.01 Å². The number of anilines is 2. The number of allylic oxidation sites excluding steroid dienone is 1. The number of carbonyl (C=O) groups is 1. The standard InChI is InChI=1S/C19H16ClN3O/c1-13-18-17(11-12-22(13)15-9-7-14(20)8-10-15)21-23(19(18)24)16-5-3-2-4-6-16/h2-10H,11-12H2,1H3. The van der Waals surface area contributed by atoms with Gasteiger partial charge in [0.15, 0.2) is 0 Å². The van der Waals surface area contributed by atoms with Gasteiger partial charge in [-0.05, 0) is 43.3 Å². The minimum absolute atomic E-state index is 0.0626. The number of rotatable bonds is 2. The Balaban J connectivity index is 1.72. The van der Waals surface area contributed by atoms with Crippen molar-refractivity contribution in [2.75, 3.05) is 16.5 Å². The van der Waals surface area contributed by atoms with E-state index in [9.17, 15) is 4.79 Å². The lowest BCUT2D eigenvalue weighted by molar-refractivity contribution is -0.114. The fourth-order valence-corrected chi connectivity index (χ4v) is 3.32. The molecule has 2 heterocycles. The summed E-state index contributed by atoms with van der Waals surface area (Å²) in [4.78, 5) is 15.0. The molecule has 0 N–H and O–H groups in total. The highest BCUT2D eigenvalue weighted by molar-refractivity contribution is 6.32. The lowest BCUT2D eigenvalue weighted by Crippen LogP contribution is -2.33. The van der Waals surface area contributed by atoms with Gasteiger partial charge in [0.1, 0.15) is 0 Å². The highest BCUT2D eigenvalue weighted by Gasteiger charge is 2.36. The Morgan fingerprint density at radius 1 is 1.00 bits per heavy atom. The van der Waals surface area contributed by atoms with Gasteiger partial charge in [0, 0.05) is 29.4 Å². The van der Waals surface area contributed by atoms with E-state index in [2.05, 4.69) is 10.0 Å². The van der Waals surface area contributed by atoms with Crippen LogP contribution in [-0.2, 0) is 4.79 Å². The number of halogens is 1. The van der Waals surface area contributed by atoms with E-state index in [1.54, 1.807) is 0 Å². The molecule has 0 bridgehead atoms. The molecule has 0 aromatic heterocycles. The molecule has 120 valence electrons. The van der Waals surface area contributed by atoms with E-state index in [4.69, 9.17) is 11.6 Å². The number of carbonyl (C=O) groups excluding carboxylic acids is 1. The molecule has 4 rings (SSSR count). The number of hydrazone groups is 1. The van der Waals surface area contributed by atoms with Crippen molar-refractivity contribution in [1.29, 1.82) is 0 Å². The molecule has 4 nitrogen and oxygen atoms in total. The number of nitrogens with zero attached hydrogens (tertiary/aromatic N) is 3. The van der Waals surface area contributed by atoms with Gasteiger partial charge in [0.25, 0.3) is 5.91 Å². The zero-order chi connectivity index (χ0) is 16.7. The summed E-state index contributed by atoms with van der Waals surface area (Å²) in [6.45, 7) is 2.77. The molecule has 24 heavy (non-hydrogen) atoms. The fraction of sp³-hybridized carbons (Fsp3) is 0.158. The lowest BCUT2D eigenvalue weighted by atomic mass is 10.00. The number of fused-ring (bicyclic) bond motifs is 1. The average Bonchev–Trinajstić information content (AvgIpc) is 2.95. The Hall–Kier alpha value is -2.59. The number of para-hydroxylation sites is 1. The summed E-state index contributed by atoms with van der Waals surface area (Å²) in [6.07, 6.45) is 0.740. The second-order valence-electron chi connectivity index (χ2n) is 5.84. The van der Waals surface area contributed by atoms with Crippen LogP contribution < -0.4 is 9.91 Å². The van der Waals surface area contributed by atoms with Crippen molar-refractivity contribution in [3.8, 4) is 0 Å². The maximum absolute atomic E-state index is 12.9. The van der Waals surface area contributed by atoms with Crippen LogP contribution in [0.15, 0.2) is 71.0 Å². The Bertz CT molecular complexity index is 856. The number of amides is 1. The third-order valence-electron chi connectivity index (χ3n) is 4.39. The van der Waals surface area contributed by atoms with Gasteiger partial charge in [-0.25, -0.2) is 0 Å². The van der Waals surface area contributed by atoms with E-state index < -0.39 is 0 Å². The summed E-state index contributed by atoms with van der Waals surface area (Å²) in [5, 5.41) is 6.75. The molecule has 0 atom stereocenters. The van der Waals surface area contributed by atoms with E-state index in [0.29, 0.717) is 10.6 Å². The third-order valence-corrected chi connectivity index (χ3v) is 4.65. The first-order valence-corrected chi connectivity index (χ1v) is 8.24. The molecule has 1 amide bonds. The van der Waals surface area contributed by atoms with Crippen LogP contribution in [0.25, 0.3) is 0 Å². The molecule has 0 saturated carbocycles. The molecule has 5 heteroatoms. The summed E-state index contributed by atoms with van der Waals surface area (Å²) in [6, 6.07) is 17.2. The zero-order valence-corrected chi connectivity index (χ0v) is 14.0. The quantitative estimate of drug-likeness (QED) is 0.822. The summed E-state index contributed by atoms with van der Waals surface area (Å²) < 4.78 is 0. The highest BCUT2D eigenvalue weighted by atomic mass is 35.5. The molecule has 0 radical (unpaired) electrons. The normalized spacial score (nSPS) is 17.2. The van der Waals surface area contributed by atoms with Crippen LogP contribution in [-0.4, -0.2) is 18.2 Å². The Morgan fingerprint density at radius 3 is 2.42 bits per heavy atom. The minimum Gasteiger partial charge on any atom is -0.344 e. The Labute approximate surface area is 145 Å². The van der Waals surface area contributed by atoms with Crippen LogP contribution in [0.5, 0.6) is 0 Å². The molecular formula is C19H16ClN3O. The molecule has 0 spiro atoms. The number of hydrogen-bond donors (Lipinski definition) is 0. The molecule has 2 aliphatic heterocycles. The monoisotopic (exact) mass is 337 g/mol. The Kier molecular flexibility index (Phi) is 3.62. The Morgan fingerprint density at radius 2 is 1.71 bits per heavy atom. The highest BCUT2D eigenvalue weighted by Crippen LogP contribution is 2.33. The molecule has 0 saturated heterocycles. The van der Waals surface area contributed by atoms with Gasteiger partial charge in [0.2, 0.25) is 0 Å². The largest absolute Gasteiger partial charge is 0.344 e. The van der Waals surface area contributed by atoms with Crippen LogP contribution >= 0.6 is 11.6 Å². The van der Waals surface area contributed by atoms with Crippen molar-refractivity contribution < 1.29 is 4.79 Å². The third kappa shape index (κ3) is 2.39. The summed E-state index contributed by atoms with van der Waals surface area (Å²) in [5.41, 5.74) is 4.34. The summed E-state index contributed by atoms with van der Waals surface area (Å²) in [5.74, 6) is -0.0626. The second-order valence-corrected chi connectivity index (χ2v) is 6.27. The van der Waals surface area contributed by atoms with Crippen molar-refractivity contribution >= 4 is 34.6 Å². The van der Waals surface area contributed by atoms with Gasteiger partial charge in [-0.2, -0.15) is 10.1 Å². The maximum Gasteiger partial charge on any atom is 0.282 e. The van der Waals surface area contributed by atoms with E-state index >= 15 is 0 Å². The fourth-order valence-electron chi connectivity index (χ4n) is 3.19. The van der Waals surface area contributed by atoms with Crippen molar-refractivity contribution in [2.45, 2.75) is 13.3 Å². The smallest absolute Gasteiger partial charge is 0.282 e. The maximum atomic E-state index is 12.9. The van der Waals surface area contributed by atoms with Crippen LogP contribution in [0.3, 0.4) is 0 Å². The average molecular weight is 338 g/mol. The SMILES string of the molecule is CC1=C2C(=O)N(c3ccccc3)N=C2CCN1c1ccc(Cl)cc1. The minimum atomic E-state index is -0.0626. The van der Waals surface area contributed by atoms with Crippen molar-refractivity contribution in [2.24, 2.45) is 5.10 Å². The predicted octanol–water partition coefficient (Wildman–Crippen LogP) is 4.23. The molecule has 0 fully saturated rings. The summed E-state index contributed by atoms with van der Waals surface area (Å²) >= 11 is 5.98. The van der Waals surface area contributed by atoms with Crippen LogP contribution in [0, 0.1) is 0 Å². The van der Waals surface area contributed by atoms with Gasteiger partial charge >= 0.3 is 0 Å². The molecule has 2 aromatic rings. The van der Waals surface area contributed by atoms with Crippen LogP contribution in [0.2, 0.25) is 5.02 Å². The molecular weight excluding hydrogens is 322 g/mol. The first-order valence-electron chi connectivity index (χ1n) is 7.86. The predicted molar refractivity (Wildman–Crippen MR) is 97.5 cm³/mol. The summed E-state index contributed by atoms with van der Waals surface area (Å²) in [7, 11) is 0. The number of benzene rings is 2. The zero-order valence-electron chi connectivity index (χ0n) is 13.2. The van der Waals surface area contributed by atoms with E-state index in [0.717, 1.165) is 35.7 Å². The van der Waals surface area contributed by atoms with Crippen molar-refractivity contribution in [3.05, 3.63) is 70.9 Å². The van der Waals surface area contributed by atoms with E-state index in [-0.39, 0.29) is 5.91 Å². The first kappa shape index (κ1) is 15.0. The van der Waals surface area contributed by atoms with Gasteiger partial charge in [-0.3, -0.25) is 4.79 Å². The van der Waals surface area contributed by atoms with Crippen molar-refractivity contribution in [3.63, 3.8) is 0 Å². The van der Waals surface area contributed by atoms with Gasteiger partial charge in [0.05, 0.1) is 17.0 Å². The topological polar surface area (TPSA) is 35.9 Å². The second kappa shape index (κ2) is 5.80. The number of hydrogen-bond acceptors (Lipinski definition) is 3. The lowest BCUT2D eigenvalue weighted by Gasteiger charge is -2.30. The van der Waals surface area contributed by atoms with Crippen molar-refractivity contribution in [1.82, 2.24) is 0 Å². The molecule has 0 unspecified atom stereocenters. The van der Waals surface area contributed by atoms with Crippen LogP contribution in [0.4, 0.5) is 11.4 Å². The van der Waals surface area contributed by atoms with Gasteiger partial charge in [-0.15, -0.1) is 0 Å². The van der Waals surface area contributed by atoms with Gasteiger partial charge < -0.3 is 4.90 Å². The molecule has 2 aliphatic rings. The first-order chi connectivity index (χ1) is 11.6. The van der Waals surface area contributed by atoms with E-state index in [1.807, 2.05) is 61.5 Å². The van der Waals surface area contributed by atoms with Gasteiger partial charge in [-0.1, -0.05) is 29.8 Å². The van der Waals surface area contributed by atoms with Crippen LogP contribution in [0.1, 0.15) is 13.3 Å².